The van der Waals surface area contributed by atoms with Crippen molar-refractivity contribution in [3.05, 3.63) is 29.3 Å². The number of nitrogens with zero attached hydrogens (tertiary/aromatic N) is 2. The Bertz CT molecular complexity index is 607. The quantitative estimate of drug-likeness (QED) is 0.912. The van der Waals surface area contributed by atoms with Crippen LogP contribution in [0.4, 0.5) is 18.9 Å². The van der Waals surface area contributed by atoms with Crippen LogP contribution in [0, 0.1) is 11.3 Å². The van der Waals surface area contributed by atoms with Crippen LogP contribution >= 0.6 is 0 Å². The van der Waals surface area contributed by atoms with E-state index in [0.717, 1.165) is 17.0 Å². The molecule has 1 aliphatic heterocycles. The van der Waals surface area contributed by atoms with E-state index >= 15 is 0 Å². The zero-order chi connectivity index (χ0) is 15.8. The fraction of sp³-hybridized carbons (Fsp3) is 0.429. The van der Waals surface area contributed by atoms with Gasteiger partial charge in [-0.1, -0.05) is 13.0 Å². The number of anilines is 1. The number of alkyl halides is 3. The minimum Gasteiger partial charge on any atom is -0.390 e. The van der Waals surface area contributed by atoms with E-state index in [4.69, 9.17) is 5.26 Å². The average Bonchev–Trinajstić information content (AvgIpc) is 2.70. The number of benzene rings is 1. The molecule has 0 spiro atoms. The predicted molar refractivity (Wildman–Crippen MR) is 68.3 cm³/mol. The molecule has 0 aliphatic carbocycles. The first-order chi connectivity index (χ1) is 9.81. The van der Waals surface area contributed by atoms with Crippen LogP contribution in [0.2, 0.25) is 0 Å². The first kappa shape index (κ1) is 15.3. The SMILES string of the molecule is CC[C@H]1[C@@H](O)CC(=O)N1c1cccc(C#N)c1C(F)(F)F. The molecule has 1 heterocycles. The molecule has 0 saturated carbocycles. The fourth-order valence-electron chi connectivity index (χ4n) is 2.67. The zero-order valence-electron chi connectivity index (χ0n) is 11.2. The standard InChI is InChI=1S/C14H13F3N2O2/c1-2-9-11(20)6-12(21)19(9)10-5-3-4-8(7-18)13(10)14(15,16)17/h3-5,9,11,20H,2,6H2,1H3/t9-,11-/m0/s1. The molecule has 1 saturated heterocycles. The second-order valence-electron chi connectivity index (χ2n) is 4.82. The lowest BCUT2D eigenvalue weighted by Crippen LogP contribution is -2.38. The highest BCUT2D eigenvalue weighted by Gasteiger charge is 2.44. The van der Waals surface area contributed by atoms with Gasteiger partial charge in [0.05, 0.1) is 41.5 Å². The van der Waals surface area contributed by atoms with E-state index < -0.39 is 35.4 Å². The van der Waals surface area contributed by atoms with Gasteiger partial charge < -0.3 is 10.0 Å². The molecule has 1 aromatic carbocycles. The topological polar surface area (TPSA) is 64.3 Å². The summed E-state index contributed by atoms with van der Waals surface area (Å²) < 4.78 is 39.8. The summed E-state index contributed by atoms with van der Waals surface area (Å²) >= 11 is 0. The number of carbonyl (C=O) groups is 1. The fourth-order valence-corrected chi connectivity index (χ4v) is 2.67. The van der Waals surface area contributed by atoms with Crippen molar-refractivity contribution < 1.29 is 23.1 Å². The minimum absolute atomic E-state index is 0.216. The summed E-state index contributed by atoms with van der Waals surface area (Å²) in [5, 5.41) is 18.7. The Labute approximate surface area is 119 Å². The lowest BCUT2D eigenvalue weighted by Gasteiger charge is -2.28. The van der Waals surface area contributed by atoms with Crippen molar-refractivity contribution in [3.63, 3.8) is 0 Å². The summed E-state index contributed by atoms with van der Waals surface area (Å²) in [6.07, 6.45) is -5.66. The molecule has 1 aliphatic rings. The highest BCUT2D eigenvalue weighted by molar-refractivity contribution is 5.98. The third-order valence-electron chi connectivity index (χ3n) is 3.55. The van der Waals surface area contributed by atoms with Gasteiger partial charge in [0.25, 0.3) is 0 Å². The van der Waals surface area contributed by atoms with Gasteiger partial charge in [-0.3, -0.25) is 4.79 Å². The number of halogens is 3. The summed E-state index contributed by atoms with van der Waals surface area (Å²) in [4.78, 5) is 12.9. The number of carbonyl (C=O) groups excluding carboxylic acids is 1. The summed E-state index contributed by atoms with van der Waals surface area (Å²) in [5.41, 5.74) is -2.03. The Hall–Kier alpha value is -2.07. The van der Waals surface area contributed by atoms with E-state index in [-0.39, 0.29) is 12.1 Å². The molecule has 21 heavy (non-hydrogen) atoms. The number of aliphatic hydroxyl groups is 1. The van der Waals surface area contributed by atoms with E-state index in [1.165, 1.54) is 12.1 Å². The van der Waals surface area contributed by atoms with Crippen LogP contribution in [0.1, 0.15) is 30.9 Å². The van der Waals surface area contributed by atoms with Gasteiger partial charge in [-0.2, -0.15) is 18.4 Å². The molecule has 0 unspecified atom stereocenters. The van der Waals surface area contributed by atoms with Crippen molar-refractivity contribution in [2.75, 3.05) is 4.90 Å². The van der Waals surface area contributed by atoms with Crippen LogP contribution in [0.15, 0.2) is 18.2 Å². The highest BCUT2D eigenvalue weighted by atomic mass is 19.4. The highest BCUT2D eigenvalue weighted by Crippen LogP contribution is 2.41. The van der Waals surface area contributed by atoms with Crippen molar-refractivity contribution in [1.82, 2.24) is 0 Å². The molecule has 1 N–H and O–H groups in total. The first-order valence-electron chi connectivity index (χ1n) is 6.41. The number of rotatable bonds is 2. The normalized spacial score (nSPS) is 22.5. The van der Waals surface area contributed by atoms with Crippen LogP contribution in [0.5, 0.6) is 0 Å². The van der Waals surface area contributed by atoms with E-state index in [2.05, 4.69) is 0 Å². The maximum Gasteiger partial charge on any atom is 0.419 e. The van der Waals surface area contributed by atoms with E-state index in [0.29, 0.717) is 6.42 Å². The Morgan fingerprint density at radius 1 is 1.48 bits per heavy atom. The molecule has 0 aromatic heterocycles. The van der Waals surface area contributed by atoms with Crippen molar-refractivity contribution >= 4 is 11.6 Å². The molecule has 1 fully saturated rings. The number of nitriles is 1. The van der Waals surface area contributed by atoms with Crippen LogP contribution in [-0.4, -0.2) is 23.2 Å². The Kier molecular flexibility index (Phi) is 3.92. The summed E-state index contributed by atoms with van der Waals surface area (Å²) in [6, 6.07) is 4.30. The lowest BCUT2D eigenvalue weighted by atomic mass is 10.0. The molecule has 4 nitrogen and oxygen atoms in total. The predicted octanol–water partition coefficient (Wildman–Crippen LogP) is 2.45. The molecule has 0 radical (unpaired) electrons. The minimum atomic E-state index is -4.76. The van der Waals surface area contributed by atoms with Gasteiger partial charge in [0.2, 0.25) is 5.91 Å². The van der Waals surface area contributed by atoms with Gasteiger partial charge >= 0.3 is 6.18 Å². The van der Waals surface area contributed by atoms with Crippen molar-refractivity contribution in [2.24, 2.45) is 0 Å². The zero-order valence-corrected chi connectivity index (χ0v) is 11.2. The molecule has 2 rings (SSSR count). The Morgan fingerprint density at radius 3 is 2.67 bits per heavy atom. The van der Waals surface area contributed by atoms with Crippen molar-refractivity contribution in [2.45, 2.75) is 38.1 Å². The van der Waals surface area contributed by atoms with Crippen LogP contribution < -0.4 is 4.90 Å². The van der Waals surface area contributed by atoms with Crippen LogP contribution in [-0.2, 0) is 11.0 Å². The summed E-state index contributed by atoms with van der Waals surface area (Å²) in [7, 11) is 0. The summed E-state index contributed by atoms with van der Waals surface area (Å²) in [5.74, 6) is -0.574. The molecule has 112 valence electrons. The molecule has 2 atom stereocenters. The van der Waals surface area contributed by atoms with Gasteiger partial charge in [0.15, 0.2) is 0 Å². The molecular weight excluding hydrogens is 285 g/mol. The summed E-state index contributed by atoms with van der Waals surface area (Å²) in [6.45, 7) is 1.68. The van der Waals surface area contributed by atoms with Gasteiger partial charge in [0.1, 0.15) is 0 Å². The van der Waals surface area contributed by atoms with Crippen molar-refractivity contribution in [3.8, 4) is 6.07 Å². The van der Waals surface area contributed by atoms with E-state index in [1.54, 1.807) is 6.92 Å². The van der Waals surface area contributed by atoms with Gasteiger partial charge in [-0.25, -0.2) is 0 Å². The maximum absolute atomic E-state index is 13.3. The maximum atomic E-state index is 13.3. The van der Waals surface area contributed by atoms with E-state index in [9.17, 15) is 23.1 Å². The lowest BCUT2D eigenvalue weighted by molar-refractivity contribution is -0.137. The van der Waals surface area contributed by atoms with Crippen LogP contribution in [0.3, 0.4) is 0 Å². The number of aliphatic hydroxyl groups excluding tert-OH is 1. The smallest absolute Gasteiger partial charge is 0.390 e. The van der Waals surface area contributed by atoms with Gasteiger partial charge in [-0.05, 0) is 18.6 Å². The molecular formula is C14H13F3N2O2. The van der Waals surface area contributed by atoms with E-state index in [1.807, 2.05) is 0 Å². The second kappa shape index (κ2) is 5.37. The average molecular weight is 298 g/mol. The Morgan fingerprint density at radius 2 is 2.14 bits per heavy atom. The van der Waals surface area contributed by atoms with Crippen molar-refractivity contribution in [1.29, 1.82) is 5.26 Å². The van der Waals surface area contributed by atoms with Gasteiger partial charge in [-0.15, -0.1) is 0 Å². The number of hydrogen-bond acceptors (Lipinski definition) is 3. The third kappa shape index (κ3) is 2.59. The first-order valence-corrected chi connectivity index (χ1v) is 6.41. The Balaban J connectivity index is 2.64. The molecule has 7 heteroatoms. The second-order valence-corrected chi connectivity index (χ2v) is 4.82. The molecule has 1 aromatic rings. The monoisotopic (exact) mass is 298 g/mol. The molecule has 1 amide bonds. The third-order valence-corrected chi connectivity index (χ3v) is 3.55. The molecule has 0 bridgehead atoms. The van der Waals surface area contributed by atoms with Crippen LogP contribution in [0.25, 0.3) is 0 Å². The largest absolute Gasteiger partial charge is 0.419 e. The number of hydrogen-bond donors (Lipinski definition) is 1. The number of amides is 1. The van der Waals surface area contributed by atoms with Gasteiger partial charge in [0, 0.05) is 0 Å².